The van der Waals surface area contributed by atoms with Crippen LogP contribution in [-0.4, -0.2) is 11.6 Å². The van der Waals surface area contributed by atoms with Crippen LogP contribution in [0.15, 0.2) is 0 Å². The summed E-state index contributed by atoms with van der Waals surface area (Å²) < 4.78 is 0. The third-order valence-corrected chi connectivity index (χ3v) is 3.66. The smallest absolute Gasteiger partial charge is 0.146 e. The van der Waals surface area contributed by atoms with Crippen LogP contribution in [-0.2, 0) is 9.59 Å². The SMILES string of the molecule is CCC1CCC(=O)C(C(=O)C2CC2)C1. The molecule has 78 valence electrons. The van der Waals surface area contributed by atoms with Crippen molar-refractivity contribution in [3.8, 4) is 0 Å². The molecule has 0 aromatic heterocycles. The maximum absolute atomic E-state index is 11.8. The van der Waals surface area contributed by atoms with Gasteiger partial charge in [-0.25, -0.2) is 0 Å². The van der Waals surface area contributed by atoms with Gasteiger partial charge in [0.2, 0.25) is 0 Å². The molecule has 2 fully saturated rings. The predicted octanol–water partition coefficient (Wildman–Crippen LogP) is 2.36. The van der Waals surface area contributed by atoms with Crippen LogP contribution in [0.2, 0.25) is 0 Å². The minimum absolute atomic E-state index is 0.214. The lowest BCUT2D eigenvalue weighted by Crippen LogP contribution is -2.32. The van der Waals surface area contributed by atoms with Gasteiger partial charge in [-0.15, -0.1) is 0 Å². The Kier molecular flexibility index (Phi) is 2.71. The largest absolute Gasteiger partial charge is 0.299 e. The van der Waals surface area contributed by atoms with E-state index in [0.717, 1.165) is 32.1 Å². The lowest BCUT2D eigenvalue weighted by atomic mass is 9.76. The van der Waals surface area contributed by atoms with E-state index in [9.17, 15) is 9.59 Å². The zero-order valence-corrected chi connectivity index (χ0v) is 8.79. The topological polar surface area (TPSA) is 34.1 Å². The van der Waals surface area contributed by atoms with E-state index < -0.39 is 0 Å². The molecular weight excluding hydrogens is 176 g/mol. The van der Waals surface area contributed by atoms with Gasteiger partial charge in [0, 0.05) is 12.3 Å². The Morgan fingerprint density at radius 3 is 2.64 bits per heavy atom. The van der Waals surface area contributed by atoms with Crippen molar-refractivity contribution in [2.45, 2.75) is 45.4 Å². The fourth-order valence-electron chi connectivity index (χ4n) is 2.40. The monoisotopic (exact) mass is 194 g/mol. The second-order valence-corrected chi connectivity index (χ2v) is 4.74. The molecule has 2 nitrogen and oxygen atoms in total. The number of ketones is 2. The Hall–Kier alpha value is -0.660. The highest BCUT2D eigenvalue weighted by Gasteiger charge is 2.40. The van der Waals surface area contributed by atoms with Crippen molar-refractivity contribution in [1.82, 2.24) is 0 Å². The van der Waals surface area contributed by atoms with Gasteiger partial charge in [0.15, 0.2) is 0 Å². The van der Waals surface area contributed by atoms with E-state index in [0.29, 0.717) is 12.3 Å². The molecule has 0 radical (unpaired) electrons. The molecule has 14 heavy (non-hydrogen) atoms. The van der Waals surface area contributed by atoms with Crippen LogP contribution >= 0.6 is 0 Å². The molecule has 2 rings (SSSR count). The van der Waals surface area contributed by atoms with Gasteiger partial charge in [-0.2, -0.15) is 0 Å². The van der Waals surface area contributed by atoms with Crippen LogP contribution in [0, 0.1) is 17.8 Å². The lowest BCUT2D eigenvalue weighted by molar-refractivity contribution is -0.136. The van der Waals surface area contributed by atoms with E-state index >= 15 is 0 Å². The van der Waals surface area contributed by atoms with Crippen molar-refractivity contribution >= 4 is 11.6 Å². The molecule has 0 aliphatic heterocycles. The normalized spacial score (nSPS) is 33.1. The maximum Gasteiger partial charge on any atom is 0.146 e. The van der Waals surface area contributed by atoms with Gasteiger partial charge in [-0.3, -0.25) is 9.59 Å². The first kappa shape index (κ1) is 9.88. The highest BCUT2D eigenvalue weighted by atomic mass is 16.2. The molecule has 2 aliphatic carbocycles. The number of hydrogen-bond donors (Lipinski definition) is 0. The molecule has 2 heteroatoms. The summed E-state index contributed by atoms with van der Waals surface area (Å²) in [5, 5.41) is 0. The highest BCUT2D eigenvalue weighted by molar-refractivity contribution is 6.04. The molecule has 2 saturated carbocycles. The van der Waals surface area contributed by atoms with Crippen molar-refractivity contribution < 1.29 is 9.59 Å². The average molecular weight is 194 g/mol. The van der Waals surface area contributed by atoms with Gasteiger partial charge >= 0.3 is 0 Å². The van der Waals surface area contributed by atoms with Gasteiger partial charge in [-0.05, 0) is 31.6 Å². The lowest BCUT2D eigenvalue weighted by Gasteiger charge is -2.26. The van der Waals surface area contributed by atoms with Crippen LogP contribution in [0.25, 0.3) is 0 Å². The molecule has 0 aromatic rings. The van der Waals surface area contributed by atoms with Gasteiger partial charge in [0.25, 0.3) is 0 Å². The second kappa shape index (κ2) is 3.84. The summed E-state index contributed by atoms with van der Waals surface area (Å²) in [6.45, 7) is 2.15. The quantitative estimate of drug-likeness (QED) is 0.646. The summed E-state index contributed by atoms with van der Waals surface area (Å²) in [5.41, 5.74) is 0. The molecule has 2 aliphatic rings. The van der Waals surface area contributed by atoms with Crippen LogP contribution in [0.5, 0.6) is 0 Å². The number of Topliss-reactive ketones (excluding diaryl/α,β-unsaturated/α-hetero) is 2. The summed E-state index contributed by atoms with van der Waals surface area (Å²) in [7, 11) is 0. The molecule has 2 unspecified atom stereocenters. The van der Waals surface area contributed by atoms with Crippen molar-refractivity contribution in [2.75, 3.05) is 0 Å². The first-order valence-electron chi connectivity index (χ1n) is 5.78. The number of rotatable bonds is 3. The van der Waals surface area contributed by atoms with E-state index in [2.05, 4.69) is 6.92 Å². The number of carbonyl (C=O) groups excluding carboxylic acids is 2. The number of hydrogen-bond acceptors (Lipinski definition) is 2. The van der Waals surface area contributed by atoms with Crippen molar-refractivity contribution in [3.63, 3.8) is 0 Å². The molecular formula is C12H18O2. The fraction of sp³-hybridized carbons (Fsp3) is 0.833. The zero-order valence-electron chi connectivity index (χ0n) is 8.79. The van der Waals surface area contributed by atoms with Crippen LogP contribution in [0.1, 0.15) is 45.4 Å². The Labute approximate surface area is 85.1 Å². The Bertz CT molecular complexity index is 253. The molecule has 0 bridgehead atoms. The van der Waals surface area contributed by atoms with E-state index in [1.807, 2.05) is 0 Å². The van der Waals surface area contributed by atoms with E-state index in [-0.39, 0.29) is 23.4 Å². The zero-order chi connectivity index (χ0) is 10.1. The van der Waals surface area contributed by atoms with Gasteiger partial charge in [0.1, 0.15) is 11.6 Å². The van der Waals surface area contributed by atoms with Crippen LogP contribution in [0.4, 0.5) is 0 Å². The van der Waals surface area contributed by atoms with E-state index in [4.69, 9.17) is 0 Å². The summed E-state index contributed by atoms with van der Waals surface area (Å²) >= 11 is 0. The fourth-order valence-corrected chi connectivity index (χ4v) is 2.40. The van der Waals surface area contributed by atoms with E-state index in [1.165, 1.54) is 0 Å². The average Bonchev–Trinajstić information content (AvgIpc) is 3.01. The van der Waals surface area contributed by atoms with Crippen LogP contribution < -0.4 is 0 Å². The first-order valence-corrected chi connectivity index (χ1v) is 5.78. The van der Waals surface area contributed by atoms with E-state index in [1.54, 1.807) is 0 Å². The van der Waals surface area contributed by atoms with Gasteiger partial charge in [0.05, 0.1) is 5.92 Å². The molecule has 2 atom stereocenters. The Morgan fingerprint density at radius 2 is 2.07 bits per heavy atom. The van der Waals surface area contributed by atoms with Crippen LogP contribution in [0.3, 0.4) is 0 Å². The summed E-state index contributed by atoms with van der Waals surface area (Å²) in [4.78, 5) is 23.4. The standard InChI is InChI=1S/C12H18O2/c1-2-8-3-6-11(13)10(7-8)12(14)9-4-5-9/h8-10H,2-7H2,1H3. The highest BCUT2D eigenvalue weighted by Crippen LogP contribution is 2.37. The first-order chi connectivity index (χ1) is 6.72. The summed E-state index contributed by atoms with van der Waals surface area (Å²) in [6.07, 6.45) is 5.65. The van der Waals surface area contributed by atoms with Crippen molar-refractivity contribution in [2.24, 2.45) is 17.8 Å². The van der Waals surface area contributed by atoms with Crippen molar-refractivity contribution in [3.05, 3.63) is 0 Å². The molecule has 0 heterocycles. The predicted molar refractivity (Wildman–Crippen MR) is 53.9 cm³/mol. The molecule has 0 spiro atoms. The van der Waals surface area contributed by atoms with Gasteiger partial charge in [-0.1, -0.05) is 13.3 Å². The third kappa shape index (κ3) is 1.89. The summed E-state index contributed by atoms with van der Waals surface area (Å²) in [5.74, 6) is 1.11. The minimum atomic E-state index is -0.221. The van der Waals surface area contributed by atoms with Crippen molar-refractivity contribution in [1.29, 1.82) is 0 Å². The third-order valence-electron chi connectivity index (χ3n) is 3.66. The Morgan fingerprint density at radius 1 is 1.36 bits per heavy atom. The van der Waals surface area contributed by atoms with Gasteiger partial charge < -0.3 is 0 Å². The minimum Gasteiger partial charge on any atom is -0.299 e. The molecule has 0 saturated heterocycles. The molecule has 0 amide bonds. The second-order valence-electron chi connectivity index (χ2n) is 4.74. The molecule has 0 aromatic carbocycles. The summed E-state index contributed by atoms with van der Waals surface area (Å²) in [6, 6.07) is 0. The maximum atomic E-state index is 11.8. The number of carbonyl (C=O) groups is 2. The molecule has 0 N–H and O–H groups in total. The Balaban J connectivity index is 1.99.